The Morgan fingerprint density at radius 3 is 2.83 bits per heavy atom. The Labute approximate surface area is 173 Å². The highest BCUT2D eigenvalue weighted by atomic mass is 16.5. The Kier molecular flexibility index (Phi) is 5.47. The monoisotopic (exact) mass is 409 g/mol. The van der Waals surface area contributed by atoms with Gasteiger partial charge in [-0.05, 0) is 43.7 Å². The minimum atomic E-state index is -0.967. The summed E-state index contributed by atoms with van der Waals surface area (Å²) in [5.74, 6) is 1.47. The van der Waals surface area contributed by atoms with E-state index in [-0.39, 0.29) is 25.2 Å². The molecule has 4 rings (SSSR count). The number of ether oxygens (including phenoxy) is 1. The fourth-order valence-electron chi connectivity index (χ4n) is 3.30. The number of rotatable bonds is 7. The molecule has 0 fully saturated rings. The fourth-order valence-corrected chi connectivity index (χ4v) is 3.30. The summed E-state index contributed by atoms with van der Waals surface area (Å²) in [5.41, 5.74) is 2.04. The number of nitrogens with zero attached hydrogens (tertiary/aromatic N) is 5. The molecule has 2 aromatic heterocycles. The van der Waals surface area contributed by atoms with Crippen LogP contribution in [-0.4, -0.2) is 55.2 Å². The second kappa shape index (κ2) is 8.21. The molecule has 3 heterocycles. The average Bonchev–Trinajstić information content (AvgIpc) is 3.37. The van der Waals surface area contributed by atoms with Gasteiger partial charge in [-0.2, -0.15) is 0 Å². The maximum absolute atomic E-state index is 13.0. The number of carbonyl (C=O) groups is 1. The molecule has 0 spiro atoms. The molecule has 2 N–H and O–H groups in total. The van der Waals surface area contributed by atoms with Crippen LogP contribution >= 0.6 is 0 Å². The van der Waals surface area contributed by atoms with Gasteiger partial charge in [0.2, 0.25) is 0 Å². The van der Waals surface area contributed by atoms with Crippen LogP contribution in [0.5, 0.6) is 5.75 Å². The molecule has 0 radical (unpaired) electrons. The Hall–Kier alpha value is -3.30. The summed E-state index contributed by atoms with van der Waals surface area (Å²) in [6.07, 6.45) is 0.700. The van der Waals surface area contributed by atoms with Gasteiger partial charge < -0.3 is 19.5 Å². The predicted octanol–water partition coefficient (Wildman–Crippen LogP) is 1.81. The number of aliphatic hydroxyl groups excluding tert-OH is 2. The number of hydrogen-bond acceptors (Lipinski definition) is 7. The van der Waals surface area contributed by atoms with Crippen molar-refractivity contribution in [2.24, 2.45) is 0 Å². The lowest BCUT2D eigenvalue weighted by atomic mass is 10.1. The summed E-state index contributed by atoms with van der Waals surface area (Å²) in [6.45, 7) is 4.05. The third-order valence-electron chi connectivity index (χ3n) is 4.91. The SMILES string of the molecule is CC(C)n1cnnc1-c1cccc(N2Cc3ccc(OCC(O)CO)cc3C2=O)n1. The first kappa shape index (κ1) is 20.0. The van der Waals surface area contributed by atoms with Gasteiger partial charge in [0.05, 0.1) is 13.2 Å². The summed E-state index contributed by atoms with van der Waals surface area (Å²) in [5, 5.41) is 26.5. The lowest BCUT2D eigenvalue weighted by molar-refractivity contribution is 0.0536. The molecule has 1 aliphatic rings. The average molecular weight is 409 g/mol. The second-order valence-electron chi connectivity index (χ2n) is 7.39. The number of aliphatic hydroxyl groups is 2. The maximum atomic E-state index is 13.0. The summed E-state index contributed by atoms with van der Waals surface area (Å²) < 4.78 is 7.39. The van der Waals surface area contributed by atoms with Crippen LogP contribution in [0.15, 0.2) is 42.7 Å². The smallest absolute Gasteiger partial charge is 0.260 e. The van der Waals surface area contributed by atoms with E-state index in [2.05, 4.69) is 15.2 Å². The molecule has 30 heavy (non-hydrogen) atoms. The third-order valence-corrected chi connectivity index (χ3v) is 4.91. The van der Waals surface area contributed by atoms with Crippen molar-refractivity contribution < 1.29 is 19.7 Å². The summed E-state index contributed by atoms with van der Waals surface area (Å²) in [7, 11) is 0. The molecule has 156 valence electrons. The maximum Gasteiger partial charge on any atom is 0.260 e. The van der Waals surface area contributed by atoms with Crippen molar-refractivity contribution in [3.8, 4) is 17.3 Å². The van der Waals surface area contributed by atoms with Crippen molar-refractivity contribution in [3.05, 3.63) is 53.9 Å². The van der Waals surface area contributed by atoms with Crippen LogP contribution in [-0.2, 0) is 6.54 Å². The van der Waals surface area contributed by atoms with Crippen LogP contribution < -0.4 is 9.64 Å². The zero-order valence-corrected chi connectivity index (χ0v) is 16.8. The Morgan fingerprint density at radius 2 is 2.07 bits per heavy atom. The lowest BCUT2D eigenvalue weighted by Gasteiger charge is -2.16. The molecule has 0 bridgehead atoms. The van der Waals surface area contributed by atoms with Gasteiger partial charge in [0.1, 0.15) is 36.3 Å². The van der Waals surface area contributed by atoms with E-state index in [9.17, 15) is 9.90 Å². The molecule has 9 heteroatoms. The number of anilines is 1. The van der Waals surface area contributed by atoms with Crippen molar-refractivity contribution in [3.63, 3.8) is 0 Å². The number of aromatic nitrogens is 4. The van der Waals surface area contributed by atoms with Gasteiger partial charge in [0, 0.05) is 11.6 Å². The van der Waals surface area contributed by atoms with Gasteiger partial charge in [0.25, 0.3) is 5.91 Å². The number of benzene rings is 1. The van der Waals surface area contributed by atoms with E-state index in [1.54, 1.807) is 29.4 Å². The largest absolute Gasteiger partial charge is 0.491 e. The Balaban J connectivity index is 1.58. The zero-order valence-electron chi connectivity index (χ0n) is 16.8. The van der Waals surface area contributed by atoms with E-state index in [0.717, 1.165) is 5.56 Å². The van der Waals surface area contributed by atoms with E-state index < -0.39 is 6.10 Å². The molecule has 0 saturated carbocycles. The number of amides is 1. The van der Waals surface area contributed by atoms with Gasteiger partial charge in [-0.3, -0.25) is 9.69 Å². The van der Waals surface area contributed by atoms with Crippen molar-refractivity contribution in [1.82, 2.24) is 19.7 Å². The first-order chi connectivity index (χ1) is 14.5. The van der Waals surface area contributed by atoms with Crippen molar-refractivity contribution in [2.75, 3.05) is 18.1 Å². The number of carbonyl (C=O) groups excluding carboxylic acids is 1. The van der Waals surface area contributed by atoms with Gasteiger partial charge in [0.15, 0.2) is 5.82 Å². The van der Waals surface area contributed by atoms with Crippen LogP contribution in [0.4, 0.5) is 5.82 Å². The van der Waals surface area contributed by atoms with Gasteiger partial charge >= 0.3 is 0 Å². The summed E-state index contributed by atoms with van der Waals surface area (Å²) in [4.78, 5) is 19.3. The molecule has 9 nitrogen and oxygen atoms in total. The standard InChI is InChI=1S/C21H23N5O4/c1-13(2)26-12-22-24-20(26)18-4-3-5-19(23-18)25-9-14-6-7-16(8-17(14)21(25)29)30-11-15(28)10-27/h3-8,12-13,15,27-28H,9-11H2,1-2H3. The fraction of sp³-hybridized carbons (Fsp3) is 0.333. The summed E-state index contributed by atoms with van der Waals surface area (Å²) >= 11 is 0. The zero-order chi connectivity index (χ0) is 21.3. The quantitative estimate of drug-likeness (QED) is 0.612. The molecule has 0 aliphatic carbocycles. The van der Waals surface area contributed by atoms with E-state index in [4.69, 9.17) is 9.84 Å². The first-order valence-corrected chi connectivity index (χ1v) is 9.71. The van der Waals surface area contributed by atoms with Gasteiger partial charge in [-0.25, -0.2) is 4.98 Å². The molecule has 1 aliphatic heterocycles. The minimum absolute atomic E-state index is 0.0483. The third kappa shape index (κ3) is 3.77. The molecule has 3 aromatic rings. The van der Waals surface area contributed by atoms with Crippen LogP contribution in [0.1, 0.15) is 35.8 Å². The molecular weight excluding hydrogens is 386 g/mol. The Morgan fingerprint density at radius 1 is 1.23 bits per heavy atom. The Bertz CT molecular complexity index is 1070. The topological polar surface area (TPSA) is 114 Å². The molecule has 1 aromatic carbocycles. The molecule has 0 saturated heterocycles. The van der Waals surface area contributed by atoms with E-state index in [1.165, 1.54) is 0 Å². The molecular formula is C21H23N5O4. The second-order valence-corrected chi connectivity index (χ2v) is 7.39. The number of pyridine rings is 1. The van der Waals surface area contributed by atoms with E-state index >= 15 is 0 Å². The van der Waals surface area contributed by atoms with E-state index in [0.29, 0.717) is 35.2 Å². The minimum Gasteiger partial charge on any atom is -0.491 e. The molecule has 1 atom stereocenters. The van der Waals surface area contributed by atoms with E-state index in [1.807, 2.05) is 36.6 Å². The van der Waals surface area contributed by atoms with Gasteiger partial charge in [-0.15, -0.1) is 10.2 Å². The van der Waals surface area contributed by atoms with Crippen molar-refractivity contribution in [2.45, 2.75) is 32.5 Å². The predicted molar refractivity (Wildman–Crippen MR) is 109 cm³/mol. The van der Waals surface area contributed by atoms with Gasteiger partial charge in [-0.1, -0.05) is 12.1 Å². The highest BCUT2D eigenvalue weighted by Gasteiger charge is 2.30. The normalized spacial score (nSPS) is 14.3. The lowest BCUT2D eigenvalue weighted by Crippen LogP contribution is -2.24. The van der Waals surface area contributed by atoms with Crippen molar-refractivity contribution >= 4 is 11.7 Å². The highest BCUT2D eigenvalue weighted by Crippen LogP contribution is 2.31. The molecule has 1 unspecified atom stereocenters. The van der Waals surface area contributed by atoms with Crippen LogP contribution in [0.3, 0.4) is 0 Å². The summed E-state index contributed by atoms with van der Waals surface area (Å²) in [6, 6.07) is 10.9. The van der Waals surface area contributed by atoms with Crippen molar-refractivity contribution in [1.29, 1.82) is 0 Å². The molecule has 1 amide bonds. The van der Waals surface area contributed by atoms with Crippen LogP contribution in [0, 0.1) is 0 Å². The van der Waals surface area contributed by atoms with Crippen LogP contribution in [0.25, 0.3) is 11.5 Å². The highest BCUT2D eigenvalue weighted by molar-refractivity contribution is 6.09. The number of hydrogen-bond donors (Lipinski definition) is 2. The van der Waals surface area contributed by atoms with Crippen LogP contribution in [0.2, 0.25) is 0 Å². The first-order valence-electron chi connectivity index (χ1n) is 9.71. The number of fused-ring (bicyclic) bond motifs is 1.